The van der Waals surface area contributed by atoms with E-state index in [0.29, 0.717) is 12.2 Å². The van der Waals surface area contributed by atoms with Gasteiger partial charge in [-0.05, 0) is 51.4 Å². The fraction of sp³-hybridized carbons (Fsp3) is 0.931. The van der Waals surface area contributed by atoms with Crippen LogP contribution in [0.1, 0.15) is 335 Å². The molecule has 0 radical (unpaired) electrons. The Morgan fingerprint density at radius 1 is 0.355 bits per heavy atom. The van der Waals surface area contributed by atoms with Crippen LogP contribution in [0.3, 0.4) is 0 Å². The van der Waals surface area contributed by atoms with Gasteiger partial charge in [-0.25, -0.2) is 0 Å². The number of hydrogen-bond acceptors (Lipinski definition) is 3. The Balaban J connectivity index is 3.36. The molecule has 2 N–H and O–H groups in total. The Hall–Kier alpha value is -1.16. The summed E-state index contributed by atoms with van der Waals surface area (Å²) < 4.78 is 0. The van der Waals surface area contributed by atoms with Gasteiger partial charge in [0.15, 0.2) is 0 Å². The van der Waals surface area contributed by atoms with Crippen molar-refractivity contribution in [1.82, 2.24) is 5.32 Å². The number of amides is 1. The molecule has 0 aromatic carbocycles. The summed E-state index contributed by atoms with van der Waals surface area (Å²) in [5, 5.41) is 12.9. The number of rotatable bonds is 54. The van der Waals surface area contributed by atoms with Gasteiger partial charge in [0.2, 0.25) is 5.91 Å². The van der Waals surface area contributed by atoms with Crippen molar-refractivity contribution >= 4 is 11.7 Å². The lowest BCUT2D eigenvalue weighted by Crippen LogP contribution is -2.37. The first-order valence-electron chi connectivity index (χ1n) is 28.7. The van der Waals surface area contributed by atoms with Crippen LogP contribution < -0.4 is 5.32 Å². The largest absolute Gasteiger partial charge is 0.394 e. The summed E-state index contributed by atoms with van der Waals surface area (Å²) in [6.07, 6.45) is 68.9. The Morgan fingerprint density at radius 2 is 0.613 bits per heavy atom. The van der Waals surface area contributed by atoms with Crippen LogP contribution in [0.5, 0.6) is 0 Å². The van der Waals surface area contributed by atoms with Crippen LogP contribution in [0.4, 0.5) is 0 Å². The van der Waals surface area contributed by atoms with Crippen LogP contribution in [0.25, 0.3) is 0 Å². The average molecular weight is 873 g/mol. The SMILES string of the molecule is CCCCCCCC/C=C\CCCCCCCCCCCC(=O)CCCCCCCCCCCCCCCC(=O)NC(CO)CCCCCCCCCCCCCCCCCC. The minimum atomic E-state index is -0.0692. The zero-order chi connectivity index (χ0) is 44.9. The molecular weight excluding hydrogens is 759 g/mol. The van der Waals surface area contributed by atoms with Crippen LogP contribution in [0.15, 0.2) is 12.2 Å². The van der Waals surface area contributed by atoms with E-state index in [9.17, 15) is 14.7 Å². The number of hydrogen-bond donors (Lipinski definition) is 2. The number of Topliss-reactive ketones (excluding diaryl/α,β-unsaturated/α-hetero) is 1. The standard InChI is InChI=1S/C58H113NO3/c1-3-5-7-9-11-13-15-17-19-21-22-23-25-28-32-36-40-44-48-52-57(61)53-49-45-41-37-33-29-26-30-34-38-42-46-50-54-58(62)59-56(55-60)51-47-43-39-35-31-27-24-20-18-16-14-12-10-8-6-4-2/h17,19,56,60H,3-16,18,20-55H2,1-2H3,(H,59,62)/b19-17-. The summed E-state index contributed by atoms with van der Waals surface area (Å²) in [5.41, 5.74) is 0. The minimum Gasteiger partial charge on any atom is -0.394 e. The van der Waals surface area contributed by atoms with E-state index < -0.39 is 0 Å². The van der Waals surface area contributed by atoms with E-state index in [1.807, 2.05) is 0 Å². The van der Waals surface area contributed by atoms with Crippen LogP contribution in [-0.4, -0.2) is 29.4 Å². The summed E-state index contributed by atoms with van der Waals surface area (Å²) in [7, 11) is 0. The zero-order valence-corrected chi connectivity index (χ0v) is 42.6. The molecule has 4 heteroatoms. The van der Waals surface area contributed by atoms with Gasteiger partial charge in [-0.1, -0.05) is 276 Å². The minimum absolute atomic E-state index is 0.0598. The van der Waals surface area contributed by atoms with Crippen LogP contribution in [0, 0.1) is 0 Å². The monoisotopic (exact) mass is 872 g/mol. The Morgan fingerprint density at radius 3 is 0.919 bits per heavy atom. The molecule has 0 bridgehead atoms. The summed E-state index contributed by atoms with van der Waals surface area (Å²) in [6.45, 7) is 4.64. The molecule has 0 aliphatic rings. The lowest BCUT2D eigenvalue weighted by Gasteiger charge is -2.16. The third kappa shape index (κ3) is 51.5. The highest BCUT2D eigenvalue weighted by atomic mass is 16.3. The quantitative estimate of drug-likeness (QED) is 0.0473. The third-order valence-electron chi connectivity index (χ3n) is 13.6. The van der Waals surface area contributed by atoms with Crippen LogP contribution in [-0.2, 0) is 9.59 Å². The first-order chi connectivity index (χ1) is 30.6. The highest BCUT2D eigenvalue weighted by Gasteiger charge is 2.11. The molecule has 4 nitrogen and oxygen atoms in total. The zero-order valence-electron chi connectivity index (χ0n) is 42.6. The summed E-state index contributed by atoms with van der Waals surface area (Å²) in [4.78, 5) is 24.7. The topological polar surface area (TPSA) is 66.4 Å². The first-order valence-corrected chi connectivity index (χ1v) is 28.7. The van der Waals surface area contributed by atoms with Crippen molar-refractivity contribution < 1.29 is 14.7 Å². The average Bonchev–Trinajstić information content (AvgIpc) is 3.27. The van der Waals surface area contributed by atoms with E-state index in [0.717, 1.165) is 51.4 Å². The molecule has 0 rings (SSSR count). The molecular formula is C58H113NO3. The van der Waals surface area contributed by atoms with Crippen molar-refractivity contribution in [3.63, 3.8) is 0 Å². The Bertz CT molecular complexity index is 901. The molecule has 0 heterocycles. The highest BCUT2D eigenvalue weighted by Crippen LogP contribution is 2.18. The fourth-order valence-electron chi connectivity index (χ4n) is 9.23. The lowest BCUT2D eigenvalue weighted by molar-refractivity contribution is -0.122. The van der Waals surface area contributed by atoms with Gasteiger partial charge in [-0.15, -0.1) is 0 Å². The normalized spacial score (nSPS) is 12.2. The molecule has 0 aliphatic heterocycles. The van der Waals surface area contributed by atoms with E-state index >= 15 is 0 Å². The maximum Gasteiger partial charge on any atom is 0.220 e. The van der Waals surface area contributed by atoms with E-state index in [1.54, 1.807) is 0 Å². The van der Waals surface area contributed by atoms with Crippen LogP contribution >= 0.6 is 0 Å². The summed E-state index contributed by atoms with van der Waals surface area (Å²) in [6, 6.07) is -0.0692. The van der Waals surface area contributed by atoms with E-state index in [1.165, 1.54) is 263 Å². The van der Waals surface area contributed by atoms with Crippen molar-refractivity contribution in [3.05, 3.63) is 12.2 Å². The molecule has 0 spiro atoms. The number of allylic oxidation sites excluding steroid dienone is 2. The maximum atomic E-state index is 12.4. The first kappa shape index (κ1) is 60.8. The van der Waals surface area contributed by atoms with E-state index in [4.69, 9.17) is 0 Å². The Labute approximate surface area is 390 Å². The predicted octanol–water partition coefficient (Wildman–Crippen LogP) is 19.1. The molecule has 368 valence electrons. The number of ketones is 1. The van der Waals surface area contributed by atoms with E-state index in [2.05, 4.69) is 31.3 Å². The van der Waals surface area contributed by atoms with Gasteiger partial charge in [0, 0.05) is 19.3 Å². The third-order valence-corrected chi connectivity index (χ3v) is 13.6. The van der Waals surface area contributed by atoms with Gasteiger partial charge in [0.05, 0.1) is 12.6 Å². The maximum absolute atomic E-state index is 12.4. The second-order valence-electron chi connectivity index (χ2n) is 19.9. The predicted molar refractivity (Wildman–Crippen MR) is 275 cm³/mol. The van der Waals surface area contributed by atoms with Crippen molar-refractivity contribution in [3.8, 4) is 0 Å². The van der Waals surface area contributed by atoms with Gasteiger partial charge in [0.25, 0.3) is 0 Å². The molecule has 1 atom stereocenters. The molecule has 0 aromatic rings. The molecule has 62 heavy (non-hydrogen) atoms. The summed E-state index contributed by atoms with van der Waals surface area (Å²) in [5.74, 6) is 0.623. The van der Waals surface area contributed by atoms with Crippen molar-refractivity contribution in [2.75, 3.05) is 6.61 Å². The number of nitrogens with one attached hydrogen (secondary N) is 1. The molecule has 0 aliphatic carbocycles. The number of aliphatic hydroxyl groups excluding tert-OH is 1. The smallest absolute Gasteiger partial charge is 0.220 e. The molecule has 0 fully saturated rings. The highest BCUT2D eigenvalue weighted by molar-refractivity contribution is 5.78. The number of aliphatic hydroxyl groups is 1. The summed E-state index contributed by atoms with van der Waals surface area (Å²) >= 11 is 0. The van der Waals surface area contributed by atoms with Gasteiger partial charge >= 0.3 is 0 Å². The van der Waals surface area contributed by atoms with Crippen molar-refractivity contribution in [2.24, 2.45) is 0 Å². The fourth-order valence-corrected chi connectivity index (χ4v) is 9.23. The molecule has 0 saturated carbocycles. The molecule has 1 unspecified atom stereocenters. The number of carbonyl (C=O) groups excluding carboxylic acids is 2. The molecule has 0 aromatic heterocycles. The van der Waals surface area contributed by atoms with Crippen molar-refractivity contribution in [1.29, 1.82) is 0 Å². The van der Waals surface area contributed by atoms with Gasteiger partial charge in [-0.3, -0.25) is 9.59 Å². The van der Waals surface area contributed by atoms with Gasteiger partial charge < -0.3 is 10.4 Å². The van der Waals surface area contributed by atoms with Gasteiger partial charge in [-0.2, -0.15) is 0 Å². The van der Waals surface area contributed by atoms with Gasteiger partial charge in [0.1, 0.15) is 5.78 Å². The van der Waals surface area contributed by atoms with Crippen LogP contribution in [0.2, 0.25) is 0 Å². The molecule has 1 amide bonds. The molecule has 0 saturated heterocycles. The van der Waals surface area contributed by atoms with E-state index in [-0.39, 0.29) is 18.6 Å². The Kier molecular flexibility index (Phi) is 53.2. The number of carbonyl (C=O) groups is 2. The second-order valence-corrected chi connectivity index (χ2v) is 19.9. The second kappa shape index (κ2) is 54.2. The number of unbranched alkanes of at least 4 members (excludes halogenated alkanes) is 42. The van der Waals surface area contributed by atoms with Crippen molar-refractivity contribution in [2.45, 2.75) is 341 Å². The lowest BCUT2D eigenvalue weighted by atomic mass is 10.0.